The predicted octanol–water partition coefficient (Wildman–Crippen LogP) is 2.64. The van der Waals surface area contributed by atoms with Crippen LogP contribution >= 0.6 is 0 Å². The molecule has 0 atom stereocenters. The highest BCUT2D eigenvalue weighted by atomic mass is 16.6. The van der Waals surface area contributed by atoms with Gasteiger partial charge in [-0.15, -0.1) is 11.8 Å². The van der Waals surface area contributed by atoms with Crippen LogP contribution < -0.4 is 0 Å². The Kier molecular flexibility index (Phi) is 8.86. The van der Waals surface area contributed by atoms with Crippen molar-refractivity contribution in [2.45, 2.75) is 33.6 Å². The molecule has 0 unspecified atom stereocenters. The first-order valence-electron chi connectivity index (χ1n) is 6.60. The van der Waals surface area contributed by atoms with Crippen LogP contribution in [0.1, 0.15) is 33.6 Å². The van der Waals surface area contributed by atoms with Gasteiger partial charge in [-0.3, -0.25) is 9.59 Å². The van der Waals surface area contributed by atoms with E-state index < -0.39 is 17.4 Å². The molecule has 0 radical (unpaired) electrons. The standard InChI is InChI=1S/C16H22O4/c1-5-9-11-13-16(12-10-6-2,14(17)19-7-3)15(18)20-8-4/h5,9,11H,1,7-8,12-13H2,2-4H3/b11-9+. The SMILES string of the molecule is C=C/C=C/CC(CC#CC)(C(=O)OCC)C(=O)OCC. The van der Waals surface area contributed by atoms with Crippen molar-refractivity contribution in [3.05, 3.63) is 24.8 Å². The second-order valence-electron chi connectivity index (χ2n) is 3.99. The molecule has 0 fully saturated rings. The molecule has 4 nitrogen and oxygen atoms in total. The molecule has 20 heavy (non-hydrogen) atoms. The smallest absolute Gasteiger partial charge is 0.324 e. The molecule has 0 N–H and O–H groups in total. The Morgan fingerprint density at radius 2 is 1.75 bits per heavy atom. The fraction of sp³-hybridized carbons (Fsp3) is 0.500. The Morgan fingerprint density at radius 3 is 2.15 bits per heavy atom. The Balaban J connectivity index is 5.51. The molecule has 0 rings (SSSR count). The van der Waals surface area contributed by atoms with Crippen LogP contribution in [0, 0.1) is 17.3 Å². The predicted molar refractivity (Wildman–Crippen MR) is 77.7 cm³/mol. The number of carbonyl (C=O) groups excluding carboxylic acids is 2. The van der Waals surface area contributed by atoms with Crippen molar-refractivity contribution in [2.75, 3.05) is 13.2 Å². The van der Waals surface area contributed by atoms with Crippen molar-refractivity contribution in [1.82, 2.24) is 0 Å². The summed E-state index contributed by atoms with van der Waals surface area (Å²) in [6.07, 6.45) is 5.19. The van der Waals surface area contributed by atoms with Gasteiger partial charge in [-0.1, -0.05) is 24.8 Å². The third-order valence-electron chi connectivity index (χ3n) is 2.64. The maximum absolute atomic E-state index is 12.2. The summed E-state index contributed by atoms with van der Waals surface area (Å²) in [5, 5.41) is 0. The van der Waals surface area contributed by atoms with Crippen LogP contribution in [0.3, 0.4) is 0 Å². The molecule has 0 aliphatic heterocycles. The van der Waals surface area contributed by atoms with Gasteiger partial charge in [-0.25, -0.2) is 0 Å². The molecule has 0 aliphatic carbocycles. The maximum atomic E-state index is 12.2. The van der Waals surface area contributed by atoms with Gasteiger partial charge in [0.1, 0.15) is 0 Å². The molecule has 0 aromatic heterocycles. The third-order valence-corrected chi connectivity index (χ3v) is 2.64. The van der Waals surface area contributed by atoms with Gasteiger partial charge < -0.3 is 9.47 Å². The second-order valence-corrected chi connectivity index (χ2v) is 3.99. The Morgan fingerprint density at radius 1 is 1.20 bits per heavy atom. The Hall–Kier alpha value is -2.02. The van der Waals surface area contributed by atoms with E-state index in [1.54, 1.807) is 39.0 Å². The van der Waals surface area contributed by atoms with Crippen LogP contribution in [-0.2, 0) is 19.1 Å². The highest BCUT2D eigenvalue weighted by Gasteiger charge is 2.47. The monoisotopic (exact) mass is 278 g/mol. The largest absolute Gasteiger partial charge is 0.465 e. The van der Waals surface area contributed by atoms with Crippen molar-refractivity contribution in [2.24, 2.45) is 5.41 Å². The van der Waals surface area contributed by atoms with Gasteiger partial charge in [0.25, 0.3) is 0 Å². The molecule has 0 saturated heterocycles. The molecule has 4 heteroatoms. The first-order valence-corrected chi connectivity index (χ1v) is 6.60. The van der Waals surface area contributed by atoms with Gasteiger partial charge in [0.2, 0.25) is 0 Å². The number of ether oxygens (including phenoxy) is 2. The van der Waals surface area contributed by atoms with E-state index in [0.717, 1.165) is 0 Å². The average Bonchev–Trinajstić information content (AvgIpc) is 2.43. The molecule has 0 aromatic carbocycles. The lowest BCUT2D eigenvalue weighted by Gasteiger charge is -2.26. The van der Waals surface area contributed by atoms with Crippen molar-refractivity contribution in [1.29, 1.82) is 0 Å². The first-order chi connectivity index (χ1) is 9.58. The van der Waals surface area contributed by atoms with Gasteiger partial charge in [-0.2, -0.15) is 0 Å². The van der Waals surface area contributed by atoms with Crippen LogP contribution in [0.5, 0.6) is 0 Å². The van der Waals surface area contributed by atoms with Crippen molar-refractivity contribution in [3.8, 4) is 11.8 Å². The van der Waals surface area contributed by atoms with Crippen molar-refractivity contribution >= 4 is 11.9 Å². The van der Waals surface area contributed by atoms with E-state index in [2.05, 4.69) is 18.4 Å². The molecule has 0 heterocycles. The minimum absolute atomic E-state index is 0.0721. The Bertz CT molecular complexity index is 405. The van der Waals surface area contributed by atoms with E-state index in [0.29, 0.717) is 0 Å². The van der Waals surface area contributed by atoms with E-state index in [1.165, 1.54) is 0 Å². The van der Waals surface area contributed by atoms with Gasteiger partial charge in [-0.05, 0) is 27.2 Å². The molecule has 0 amide bonds. The average molecular weight is 278 g/mol. The highest BCUT2D eigenvalue weighted by Crippen LogP contribution is 2.31. The van der Waals surface area contributed by atoms with Crippen LogP contribution in [0.25, 0.3) is 0 Å². The summed E-state index contributed by atoms with van der Waals surface area (Å²) in [5.74, 6) is 4.28. The zero-order chi connectivity index (χ0) is 15.4. The molecule has 0 bridgehead atoms. The quantitative estimate of drug-likeness (QED) is 0.296. The number of allylic oxidation sites excluding steroid dienone is 3. The van der Waals surface area contributed by atoms with E-state index >= 15 is 0 Å². The second kappa shape index (κ2) is 9.85. The van der Waals surface area contributed by atoms with Crippen LogP contribution in [-0.4, -0.2) is 25.2 Å². The maximum Gasteiger partial charge on any atom is 0.324 e. The van der Waals surface area contributed by atoms with Crippen molar-refractivity contribution < 1.29 is 19.1 Å². The fourth-order valence-electron chi connectivity index (χ4n) is 1.61. The normalized spacial score (nSPS) is 10.6. The zero-order valence-corrected chi connectivity index (χ0v) is 12.4. The van der Waals surface area contributed by atoms with Crippen LogP contribution in [0.15, 0.2) is 24.8 Å². The van der Waals surface area contributed by atoms with Gasteiger partial charge in [0, 0.05) is 6.42 Å². The molecule has 0 aromatic rings. The highest BCUT2D eigenvalue weighted by molar-refractivity contribution is 6.00. The van der Waals surface area contributed by atoms with E-state index in [-0.39, 0.29) is 26.1 Å². The molecule has 0 saturated carbocycles. The van der Waals surface area contributed by atoms with Crippen LogP contribution in [0.4, 0.5) is 0 Å². The lowest BCUT2D eigenvalue weighted by atomic mass is 9.81. The fourth-order valence-corrected chi connectivity index (χ4v) is 1.61. The topological polar surface area (TPSA) is 52.6 Å². The summed E-state index contributed by atoms with van der Waals surface area (Å²) >= 11 is 0. The van der Waals surface area contributed by atoms with E-state index in [4.69, 9.17) is 9.47 Å². The lowest BCUT2D eigenvalue weighted by molar-refractivity contribution is -0.171. The van der Waals surface area contributed by atoms with Gasteiger partial charge >= 0.3 is 11.9 Å². The molecule has 110 valence electrons. The third kappa shape index (κ3) is 4.93. The van der Waals surface area contributed by atoms with Gasteiger partial charge in [0.05, 0.1) is 13.2 Å². The van der Waals surface area contributed by atoms with E-state index in [1.807, 2.05) is 0 Å². The zero-order valence-electron chi connectivity index (χ0n) is 12.4. The van der Waals surface area contributed by atoms with Crippen LogP contribution in [0.2, 0.25) is 0 Å². The molecular weight excluding hydrogens is 256 g/mol. The summed E-state index contributed by atoms with van der Waals surface area (Å²) in [5.41, 5.74) is -1.41. The molecular formula is C16H22O4. The minimum atomic E-state index is -1.41. The Labute approximate surface area is 120 Å². The van der Waals surface area contributed by atoms with Gasteiger partial charge in [0.15, 0.2) is 5.41 Å². The van der Waals surface area contributed by atoms with E-state index in [9.17, 15) is 9.59 Å². The number of esters is 2. The number of rotatable bonds is 8. The van der Waals surface area contributed by atoms with Crippen molar-refractivity contribution in [3.63, 3.8) is 0 Å². The summed E-state index contributed by atoms with van der Waals surface area (Å²) in [6, 6.07) is 0. The number of hydrogen-bond acceptors (Lipinski definition) is 4. The first kappa shape index (κ1) is 18.0. The number of hydrogen-bond donors (Lipinski definition) is 0. The molecule has 0 aliphatic rings. The summed E-state index contributed by atoms with van der Waals surface area (Å²) < 4.78 is 10.1. The minimum Gasteiger partial charge on any atom is -0.465 e. The summed E-state index contributed by atoms with van der Waals surface area (Å²) in [6.45, 7) is 9.00. The lowest BCUT2D eigenvalue weighted by Crippen LogP contribution is -2.41. The molecule has 0 spiro atoms. The summed E-state index contributed by atoms with van der Waals surface area (Å²) in [4.78, 5) is 24.5. The number of carbonyl (C=O) groups is 2. The summed E-state index contributed by atoms with van der Waals surface area (Å²) in [7, 11) is 0.